The molecular weight excluding hydrogens is 416 g/mol. The molecule has 1 unspecified atom stereocenters. The predicted molar refractivity (Wildman–Crippen MR) is 130 cm³/mol. The van der Waals surface area contributed by atoms with Gasteiger partial charge in [-0.25, -0.2) is 4.99 Å². The second kappa shape index (κ2) is 11.0. The van der Waals surface area contributed by atoms with E-state index in [4.69, 9.17) is 14.1 Å². The number of para-hydroxylation sites is 1. The smallest absolute Gasteiger partial charge is 0.251 e. The zero-order chi connectivity index (χ0) is 23.0. The first-order valence-corrected chi connectivity index (χ1v) is 11.6. The van der Waals surface area contributed by atoms with Crippen LogP contribution in [-0.4, -0.2) is 37.7 Å². The van der Waals surface area contributed by atoms with E-state index in [0.717, 1.165) is 53.8 Å². The number of aliphatic imine (C=N–C) groups is 1. The number of aryl methyl sites for hydroxylation is 1. The van der Waals surface area contributed by atoms with Crippen LogP contribution < -0.4 is 16.0 Å². The minimum Gasteiger partial charge on any atom is -0.459 e. The number of furan rings is 1. The van der Waals surface area contributed by atoms with E-state index in [9.17, 15) is 4.79 Å². The molecule has 3 N–H and O–H groups in total. The number of nitrogens with zero attached hydrogens (tertiary/aromatic N) is 1. The summed E-state index contributed by atoms with van der Waals surface area (Å²) in [6, 6.07) is 15.6. The number of fused-ring (bicyclic) bond motifs is 1. The van der Waals surface area contributed by atoms with E-state index < -0.39 is 0 Å². The predicted octanol–water partition coefficient (Wildman–Crippen LogP) is 3.91. The molecule has 0 saturated carbocycles. The third-order valence-electron chi connectivity index (χ3n) is 5.83. The Labute approximate surface area is 194 Å². The summed E-state index contributed by atoms with van der Waals surface area (Å²) in [7, 11) is 0. The lowest BCUT2D eigenvalue weighted by molar-refractivity contribution is 0.0857. The van der Waals surface area contributed by atoms with Gasteiger partial charge in [0.1, 0.15) is 11.3 Å². The van der Waals surface area contributed by atoms with E-state index in [1.165, 1.54) is 0 Å². The molecule has 1 fully saturated rings. The molecule has 0 bridgehead atoms. The number of nitrogens with one attached hydrogen (secondary N) is 3. The maximum atomic E-state index is 12.5. The largest absolute Gasteiger partial charge is 0.459 e. The minimum absolute atomic E-state index is 0.0817. The van der Waals surface area contributed by atoms with Crippen molar-refractivity contribution in [3.63, 3.8) is 0 Å². The van der Waals surface area contributed by atoms with Gasteiger partial charge in [-0.3, -0.25) is 4.79 Å². The monoisotopic (exact) mass is 448 g/mol. The summed E-state index contributed by atoms with van der Waals surface area (Å²) < 4.78 is 11.6. The first kappa shape index (κ1) is 22.9. The highest BCUT2D eigenvalue weighted by Gasteiger charge is 2.17. The lowest BCUT2D eigenvalue weighted by Crippen LogP contribution is -2.36. The summed E-state index contributed by atoms with van der Waals surface area (Å²) in [6.45, 7) is 7.18. The molecule has 4 rings (SSSR count). The van der Waals surface area contributed by atoms with E-state index in [1.54, 1.807) is 0 Å². The summed E-state index contributed by atoms with van der Waals surface area (Å²) in [5.41, 5.74) is 3.63. The van der Waals surface area contributed by atoms with Crippen LogP contribution >= 0.6 is 0 Å². The molecule has 0 radical (unpaired) electrons. The van der Waals surface area contributed by atoms with Crippen molar-refractivity contribution >= 4 is 22.8 Å². The summed E-state index contributed by atoms with van der Waals surface area (Å²) in [6.07, 6.45) is 2.19. The van der Waals surface area contributed by atoms with Crippen LogP contribution in [0, 0.1) is 6.92 Å². The fourth-order valence-electron chi connectivity index (χ4n) is 3.99. The number of guanidine groups is 1. The summed E-state index contributed by atoms with van der Waals surface area (Å²) >= 11 is 0. The van der Waals surface area contributed by atoms with Gasteiger partial charge in [0.05, 0.1) is 19.2 Å². The number of hydrogen-bond acceptors (Lipinski definition) is 4. The Morgan fingerprint density at radius 1 is 1.12 bits per heavy atom. The van der Waals surface area contributed by atoms with E-state index in [1.807, 2.05) is 49.4 Å². The molecule has 1 amide bonds. The first-order valence-electron chi connectivity index (χ1n) is 11.6. The summed E-state index contributed by atoms with van der Waals surface area (Å²) in [5, 5.41) is 10.7. The van der Waals surface area contributed by atoms with Gasteiger partial charge >= 0.3 is 0 Å². The highest BCUT2D eigenvalue weighted by molar-refractivity contribution is 5.94. The summed E-state index contributed by atoms with van der Waals surface area (Å²) in [4.78, 5) is 17.2. The maximum absolute atomic E-state index is 12.5. The Balaban J connectivity index is 1.37. The van der Waals surface area contributed by atoms with Crippen LogP contribution in [0.3, 0.4) is 0 Å². The zero-order valence-corrected chi connectivity index (χ0v) is 19.3. The van der Waals surface area contributed by atoms with Crippen LogP contribution in [0.2, 0.25) is 0 Å². The fraction of sp³-hybridized carbons (Fsp3) is 0.385. The lowest BCUT2D eigenvalue weighted by atomic mass is 10.1. The van der Waals surface area contributed by atoms with Crippen molar-refractivity contribution in [2.24, 2.45) is 4.99 Å². The molecule has 7 heteroatoms. The number of ether oxygens (including phenoxy) is 1. The van der Waals surface area contributed by atoms with E-state index in [-0.39, 0.29) is 12.0 Å². The average molecular weight is 449 g/mol. The van der Waals surface area contributed by atoms with Crippen LogP contribution in [-0.2, 0) is 17.8 Å². The molecule has 1 aromatic heterocycles. The topological polar surface area (TPSA) is 87.9 Å². The van der Waals surface area contributed by atoms with Crippen LogP contribution in [0.25, 0.3) is 11.0 Å². The third-order valence-corrected chi connectivity index (χ3v) is 5.83. The van der Waals surface area contributed by atoms with E-state index >= 15 is 0 Å². The minimum atomic E-state index is -0.0817. The fourth-order valence-corrected chi connectivity index (χ4v) is 3.99. The van der Waals surface area contributed by atoms with Crippen molar-refractivity contribution in [1.82, 2.24) is 16.0 Å². The molecule has 2 heterocycles. The van der Waals surface area contributed by atoms with Gasteiger partial charge in [-0.15, -0.1) is 0 Å². The Morgan fingerprint density at radius 3 is 2.79 bits per heavy atom. The van der Waals surface area contributed by atoms with Crippen molar-refractivity contribution in [1.29, 1.82) is 0 Å². The number of amides is 1. The highest BCUT2D eigenvalue weighted by Crippen LogP contribution is 2.24. The van der Waals surface area contributed by atoms with Crippen molar-refractivity contribution in [3.8, 4) is 0 Å². The molecule has 1 saturated heterocycles. The van der Waals surface area contributed by atoms with Crippen molar-refractivity contribution < 1.29 is 13.9 Å². The van der Waals surface area contributed by atoms with Crippen molar-refractivity contribution in [2.75, 3.05) is 19.7 Å². The van der Waals surface area contributed by atoms with E-state index in [0.29, 0.717) is 31.2 Å². The second-order valence-electron chi connectivity index (χ2n) is 8.24. The van der Waals surface area contributed by atoms with Crippen molar-refractivity contribution in [2.45, 2.75) is 45.9 Å². The van der Waals surface area contributed by atoms with Crippen LogP contribution in [0.5, 0.6) is 0 Å². The lowest BCUT2D eigenvalue weighted by Gasteiger charge is -2.12. The number of carbonyl (C=O) groups is 1. The van der Waals surface area contributed by atoms with Gasteiger partial charge in [-0.05, 0) is 50.5 Å². The average Bonchev–Trinajstić information content (AvgIpc) is 3.47. The molecule has 7 nitrogen and oxygen atoms in total. The second-order valence-corrected chi connectivity index (χ2v) is 8.24. The first-order chi connectivity index (χ1) is 16.1. The SMILES string of the molecule is CCNC(=NCc1cccc(C(=O)NCC2CCCO2)c1)NCc1oc2ccccc2c1C. The van der Waals surface area contributed by atoms with Gasteiger partial charge < -0.3 is 25.1 Å². The summed E-state index contributed by atoms with van der Waals surface area (Å²) in [5.74, 6) is 1.51. The van der Waals surface area contributed by atoms with Gasteiger partial charge in [0.15, 0.2) is 5.96 Å². The molecule has 0 spiro atoms. The van der Waals surface area contributed by atoms with E-state index in [2.05, 4.69) is 28.9 Å². The number of rotatable bonds is 8. The number of carbonyl (C=O) groups excluding carboxylic acids is 1. The molecule has 2 aromatic carbocycles. The molecule has 1 aliphatic rings. The molecular formula is C26H32N4O3. The molecule has 0 aliphatic carbocycles. The highest BCUT2D eigenvalue weighted by atomic mass is 16.5. The van der Waals surface area contributed by atoms with Gasteiger partial charge in [0.2, 0.25) is 0 Å². The number of hydrogen-bond donors (Lipinski definition) is 3. The zero-order valence-electron chi connectivity index (χ0n) is 19.3. The van der Waals surface area contributed by atoms with Crippen LogP contribution in [0.15, 0.2) is 57.9 Å². The number of benzene rings is 2. The van der Waals surface area contributed by atoms with Gasteiger partial charge in [0, 0.05) is 36.2 Å². The molecule has 33 heavy (non-hydrogen) atoms. The Hall–Kier alpha value is -3.32. The Kier molecular flexibility index (Phi) is 7.62. The maximum Gasteiger partial charge on any atom is 0.251 e. The quantitative estimate of drug-likeness (QED) is 0.359. The molecule has 174 valence electrons. The van der Waals surface area contributed by atoms with Crippen molar-refractivity contribution in [3.05, 3.63) is 71.0 Å². The molecule has 1 aliphatic heterocycles. The standard InChI is InChI=1S/C26H32N4O3/c1-3-27-26(30-17-24-18(2)22-11-4-5-12-23(22)33-24)29-15-19-8-6-9-20(14-19)25(31)28-16-21-10-7-13-32-21/h4-6,8-9,11-12,14,21H,3,7,10,13,15-17H2,1-2H3,(H,28,31)(H2,27,29,30). The Bertz CT molecular complexity index is 1120. The van der Waals surface area contributed by atoms with Crippen LogP contribution in [0.1, 0.15) is 47.0 Å². The normalized spacial score (nSPS) is 16.2. The van der Waals surface area contributed by atoms with Gasteiger partial charge in [-0.1, -0.05) is 30.3 Å². The van der Waals surface area contributed by atoms with Crippen LogP contribution in [0.4, 0.5) is 0 Å². The van der Waals surface area contributed by atoms with Gasteiger partial charge in [-0.2, -0.15) is 0 Å². The Morgan fingerprint density at radius 2 is 2.00 bits per heavy atom. The third kappa shape index (κ3) is 5.93. The molecule has 1 atom stereocenters. The molecule has 3 aromatic rings. The van der Waals surface area contributed by atoms with Gasteiger partial charge in [0.25, 0.3) is 5.91 Å².